The van der Waals surface area contributed by atoms with Crippen LogP contribution in [0.15, 0.2) is 48.5 Å². The van der Waals surface area contributed by atoms with E-state index in [1.54, 1.807) is 0 Å². The van der Waals surface area contributed by atoms with Crippen LogP contribution in [0.4, 0.5) is 5.69 Å². The smallest absolute Gasteiger partial charge is 0.144 e. The normalized spacial score (nSPS) is 18.0. The predicted octanol–water partition coefficient (Wildman–Crippen LogP) is 4.81. The van der Waals surface area contributed by atoms with Gasteiger partial charge in [0.2, 0.25) is 0 Å². The largest absolute Gasteiger partial charge is 0.350 e. The van der Waals surface area contributed by atoms with Crippen LogP contribution in [0.5, 0.6) is 0 Å². The van der Waals surface area contributed by atoms with E-state index in [9.17, 15) is 0 Å². The molecule has 5 rings (SSSR count). The molecule has 0 atom stereocenters. The van der Waals surface area contributed by atoms with Crippen molar-refractivity contribution in [3.05, 3.63) is 48.5 Å². The Morgan fingerprint density at radius 2 is 1.65 bits per heavy atom. The van der Waals surface area contributed by atoms with Gasteiger partial charge in [0.05, 0.1) is 17.7 Å². The number of hydrogen-bond donors (Lipinski definition) is 0. The predicted molar refractivity (Wildman–Crippen MR) is 94.5 cm³/mol. The molecule has 2 aromatic carbocycles. The zero-order valence-corrected chi connectivity index (χ0v) is 13.3. The van der Waals surface area contributed by atoms with E-state index in [1.807, 2.05) is 0 Å². The topological polar surface area (TPSA) is 21.1 Å². The number of nitrogens with zero attached hydrogens (tertiary/aromatic N) is 3. The number of benzene rings is 2. The molecule has 1 aromatic heterocycles. The van der Waals surface area contributed by atoms with Gasteiger partial charge in [-0.25, -0.2) is 4.98 Å². The third kappa shape index (κ3) is 1.99. The molecule has 3 heteroatoms. The van der Waals surface area contributed by atoms with Crippen molar-refractivity contribution in [3.8, 4) is 11.4 Å². The van der Waals surface area contributed by atoms with Crippen molar-refractivity contribution in [1.82, 2.24) is 9.55 Å². The molecular formula is C20H21N3. The first-order valence-electron chi connectivity index (χ1n) is 8.73. The molecule has 0 radical (unpaired) electrons. The van der Waals surface area contributed by atoms with Gasteiger partial charge in [-0.2, -0.15) is 0 Å². The van der Waals surface area contributed by atoms with Crippen LogP contribution < -0.4 is 4.90 Å². The molecular weight excluding hydrogens is 282 g/mol. The second kappa shape index (κ2) is 5.12. The fourth-order valence-corrected chi connectivity index (χ4v) is 4.27. The standard InChI is InChI=1S/C20H21N3/c1-2-8-15(9-3-1)22-14-23-19-13-7-5-11-17(19)21-20(23)16-10-4-6-12-18(16)22/h4-7,10-13,15H,1-3,8-9,14H2. The van der Waals surface area contributed by atoms with Gasteiger partial charge >= 0.3 is 0 Å². The first kappa shape index (κ1) is 13.2. The summed E-state index contributed by atoms with van der Waals surface area (Å²) >= 11 is 0. The highest BCUT2D eigenvalue weighted by atomic mass is 15.3. The van der Waals surface area contributed by atoms with Crippen LogP contribution in [0, 0.1) is 0 Å². The van der Waals surface area contributed by atoms with E-state index in [0.717, 1.165) is 18.0 Å². The molecule has 0 unspecified atom stereocenters. The van der Waals surface area contributed by atoms with Crippen molar-refractivity contribution < 1.29 is 0 Å². The number of para-hydroxylation sites is 3. The molecule has 116 valence electrons. The fraction of sp³-hybridized carbons (Fsp3) is 0.350. The van der Waals surface area contributed by atoms with Crippen molar-refractivity contribution in [2.45, 2.75) is 44.8 Å². The van der Waals surface area contributed by atoms with Gasteiger partial charge in [0, 0.05) is 17.3 Å². The van der Waals surface area contributed by atoms with Gasteiger partial charge in [0.15, 0.2) is 0 Å². The Hall–Kier alpha value is -2.29. The Labute approximate surface area is 136 Å². The third-order valence-corrected chi connectivity index (χ3v) is 5.42. The lowest BCUT2D eigenvalue weighted by molar-refractivity contribution is 0.395. The molecule has 0 amide bonds. The molecule has 23 heavy (non-hydrogen) atoms. The number of rotatable bonds is 1. The van der Waals surface area contributed by atoms with E-state index in [1.165, 1.54) is 48.9 Å². The summed E-state index contributed by atoms with van der Waals surface area (Å²) in [5, 5.41) is 0. The maximum atomic E-state index is 4.91. The fourth-order valence-electron chi connectivity index (χ4n) is 4.27. The van der Waals surface area contributed by atoms with E-state index in [2.05, 4.69) is 58.0 Å². The Kier molecular flexibility index (Phi) is 2.93. The number of imidazole rings is 1. The first-order valence-corrected chi connectivity index (χ1v) is 8.73. The molecule has 2 heterocycles. The van der Waals surface area contributed by atoms with Gasteiger partial charge in [-0.3, -0.25) is 0 Å². The molecule has 1 aliphatic heterocycles. The van der Waals surface area contributed by atoms with Crippen LogP contribution in [0.25, 0.3) is 22.4 Å². The third-order valence-electron chi connectivity index (χ3n) is 5.42. The minimum atomic E-state index is 0.666. The van der Waals surface area contributed by atoms with Gasteiger partial charge in [0.25, 0.3) is 0 Å². The van der Waals surface area contributed by atoms with Crippen molar-refractivity contribution >= 4 is 16.7 Å². The highest BCUT2D eigenvalue weighted by molar-refractivity contribution is 5.86. The van der Waals surface area contributed by atoms with E-state index >= 15 is 0 Å². The number of aromatic nitrogens is 2. The van der Waals surface area contributed by atoms with Crippen LogP contribution in [-0.4, -0.2) is 15.6 Å². The van der Waals surface area contributed by atoms with E-state index < -0.39 is 0 Å². The maximum Gasteiger partial charge on any atom is 0.144 e. The summed E-state index contributed by atoms with van der Waals surface area (Å²) in [5.41, 5.74) is 4.99. The molecule has 0 N–H and O–H groups in total. The summed E-state index contributed by atoms with van der Waals surface area (Å²) in [6, 6.07) is 18.0. The van der Waals surface area contributed by atoms with Crippen molar-refractivity contribution in [3.63, 3.8) is 0 Å². The maximum absolute atomic E-state index is 4.91. The second-order valence-corrected chi connectivity index (χ2v) is 6.77. The zero-order valence-electron chi connectivity index (χ0n) is 13.3. The average molecular weight is 303 g/mol. The molecule has 1 aliphatic carbocycles. The molecule has 0 bridgehead atoms. The summed E-state index contributed by atoms with van der Waals surface area (Å²) in [4.78, 5) is 7.53. The van der Waals surface area contributed by atoms with Gasteiger partial charge in [-0.1, -0.05) is 43.5 Å². The van der Waals surface area contributed by atoms with E-state index in [4.69, 9.17) is 4.98 Å². The minimum Gasteiger partial charge on any atom is -0.350 e. The van der Waals surface area contributed by atoms with E-state index in [0.29, 0.717) is 6.04 Å². The van der Waals surface area contributed by atoms with E-state index in [-0.39, 0.29) is 0 Å². The average Bonchev–Trinajstić information content (AvgIpc) is 3.01. The molecule has 0 spiro atoms. The Balaban J connectivity index is 1.70. The Morgan fingerprint density at radius 1 is 0.870 bits per heavy atom. The zero-order chi connectivity index (χ0) is 15.2. The molecule has 1 saturated carbocycles. The van der Waals surface area contributed by atoms with Crippen LogP contribution >= 0.6 is 0 Å². The summed E-state index contributed by atoms with van der Waals surface area (Å²) in [6.45, 7) is 0.928. The monoisotopic (exact) mass is 303 g/mol. The number of hydrogen-bond acceptors (Lipinski definition) is 2. The van der Waals surface area contributed by atoms with Crippen molar-refractivity contribution in [2.75, 3.05) is 4.90 Å². The van der Waals surface area contributed by atoms with Crippen molar-refractivity contribution in [1.29, 1.82) is 0 Å². The molecule has 2 aliphatic rings. The van der Waals surface area contributed by atoms with Crippen LogP contribution in [0.1, 0.15) is 32.1 Å². The summed E-state index contributed by atoms with van der Waals surface area (Å²) in [5.74, 6) is 1.12. The van der Waals surface area contributed by atoms with Crippen LogP contribution in [0.2, 0.25) is 0 Å². The van der Waals surface area contributed by atoms with Crippen molar-refractivity contribution in [2.24, 2.45) is 0 Å². The quantitative estimate of drug-likeness (QED) is 0.643. The first-order chi connectivity index (χ1) is 11.4. The molecule has 3 nitrogen and oxygen atoms in total. The van der Waals surface area contributed by atoms with Gasteiger partial charge in [-0.15, -0.1) is 0 Å². The Bertz CT molecular complexity index is 858. The van der Waals surface area contributed by atoms with Gasteiger partial charge < -0.3 is 9.47 Å². The molecule has 0 saturated heterocycles. The summed E-state index contributed by atoms with van der Waals surface area (Å²) in [7, 11) is 0. The summed E-state index contributed by atoms with van der Waals surface area (Å²) < 4.78 is 2.40. The van der Waals surface area contributed by atoms with Crippen LogP contribution in [0.3, 0.4) is 0 Å². The highest BCUT2D eigenvalue weighted by Crippen LogP contribution is 2.40. The van der Waals surface area contributed by atoms with Gasteiger partial charge in [0.1, 0.15) is 5.82 Å². The Morgan fingerprint density at radius 3 is 2.57 bits per heavy atom. The molecule has 3 aromatic rings. The summed E-state index contributed by atoms with van der Waals surface area (Å²) in [6.07, 6.45) is 6.75. The number of fused-ring (bicyclic) bond motifs is 5. The van der Waals surface area contributed by atoms with Crippen LogP contribution in [-0.2, 0) is 6.67 Å². The SMILES string of the molecule is c1ccc2c(c1)-c1nc3ccccc3n1CN2C1CCCCC1. The lowest BCUT2D eigenvalue weighted by Crippen LogP contribution is -2.40. The highest BCUT2D eigenvalue weighted by Gasteiger charge is 2.29. The second-order valence-electron chi connectivity index (χ2n) is 6.77. The number of anilines is 1. The molecule has 1 fully saturated rings. The lowest BCUT2D eigenvalue weighted by atomic mass is 9.93. The minimum absolute atomic E-state index is 0.666. The lowest BCUT2D eigenvalue weighted by Gasteiger charge is -2.40. The van der Waals surface area contributed by atoms with Gasteiger partial charge in [-0.05, 0) is 37.1 Å².